The Balaban J connectivity index is 2.43. The van der Waals surface area contributed by atoms with Gasteiger partial charge in [-0.3, -0.25) is 4.79 Å². The van der Waals surface area contributed by atoms with Gasteiger partial charge in [-0.15, -0.1) is 0 Å². The second kappa shape index (κ2) is 4.61. The van der Waals surface area contributed by atoms with Gasteiger partial charge in [0.15, 0.2) is 0 Å². The van der Waals surface area contributed by atoms with Crippen molar-refractivity contribution in [1.29, 1.82) is 0 Å². The molecule has 0 radical (unpaired) electrons. The first-order valence-electron chi connectivity index (χ1n) is 5.77. The molecule has 0 bridgehead atoms. The zero-order valence-corrected chi connectivity index (χ0v) is 10.8. The molecular formula is C14H8ClFN2O2. The van der Waals surface area contributed by atoms with Crippen molar-refractivity contribution in [2.45, 2.75) is 0 Å². The molecule has 2 aromatic carbocycles. The van der Waals surface area contributed by atoms with E-state index in [1.807, 2.05) is 0 Å². The maximum Gasteiger partial charge on any atom is 0.333 e. The molecule has 1 heterocycles. The zero-order chi connectivity index (χ0) is 14.3. The van der Waals surface area contributed by atoms with Gasteiger partial charge in [0.2, 0.25) is 0 Å². The zero-order valence-electron chi connectivity index (χ0n) is 10.1. The summed E-state index contributed by atoms with van der Waals surface area (Å²) in [5.41, 5.74) is -0.498. The van der Waals surface area contributed by atoms with Gasteiger partial charge in [0.25, 0.3) is 5.56 Å². The van der Waals surface area contributed by atoms with Crippen LogP contribution in [0.5, 0.6) is 0 Å². The third kappa shape index (κ3) is 1.92. The summed E-state index contributed by atoms with van der Waals surface area (Å²) in [4.78, 5) is 27.0. The van der Waals surface area contributed by atoms with E-state index >= 15 is 0 Å². The summed E-state index contributed by atoms with van der Waals surface area (Å²) < 4.78 is 13.9. The normalized spacial score (nSPS) is 10.9. The first-order chi connectivity index (χ1) is 9.58. The number of aromatic amines is 1. The number of hydrogen-bond donors (Lipinski definition) is 1. The van der Waals surface area contributed by atoms with Crippen LogP contribution >= 0.6 is 11.6 Å². The minimum Gasteiger partial charge on any atom is -0.306 e. The largest absolute Gasteiger partial charge is 0.333 e. The third-order valence-electron chi connectivity index (χ3n) is 2.96. The van der Waals surface area contributed by atoms with E-state index in [1.54, 1.807) is 18.2 Å². The Kier molecular flexibility index (Phi) is 2.91. The molecule has 20 heavy (non-hydrogen) atoms. The van der Waals surface area contributed by atoms with Crippen molar-refractivity contribution in [2.24, 2.45) is 0 Å². The highest BCUT2D eigenvalue weighted by Crippen LogP contribution is 2.17. The maximum absolute atomic E-state index is 12.9. The van der Waals surface area contributed by atoms with Gasteiger partial charge in [0, 0.05) is 0 Å². The molecule has 3 aromatic rings. The van der Waals surface area contributed by atoms with E-state index in [-0.39, 0.29) is 16.1 Å². The topological polar surface area (TPSA) is 54.9 Å². The molecule has 0 spiro atoms. The van der Waals surface area contributed by atoms with E-state index in [1.165, 1.54) is 24.3 Å². The van der Waals surface area contributed by atoms with E-state index in [0.29, 0.717) is 5.52 Å². The highest BCUT2D eigenvalue weighted by Gasteiger charge is 2.11. The second-order valence-electron chi connectivity index (χ2n) is 4.21. The van der Waals surface area contributed by atoms with E-state index < -0.39 is 17.1 Å². The summed E-state index contributed by atoms with van der Waals surface area (Å²) in [7, 11) is 0. The quantitative estimate of drug-likeness (QED) is 0.748. The molecule has 3 rings (SSSR count). The number of benzene rings is 2. The summed E-state index contributed by atoms with van der Waals surface area (Å²) in [5, 5.41) is 0.470. The highest BCUT2D eigenvalue weighted by atomic mass is 35.5. The lowest BCUT2D eigenvalue weighted by atomic mass is 10.2. The van der Waals surface area contributed by atoms with E-state index in [0.717, 1.165) is 4.57 Å². The SMILES string of the molecule is O=c1[nH]c2cccc(Cl)c2c(=O)n1-c1ccc(F)cc1. The highest BCUT2D eigenvalue weighted by molar-refractivity contribution is 6.35. The van der Waals surface area contributed by atoms with Gasteiger partial charge < -0.3 is 4.98 Å². The lowest BCUT2D eigenvalue weighted by molar-refractivity contribution is 0.627. The van der Waals surface area contributed by atoms with Crippen LogP contribution in [0, 0.1) is 5.82 Å². The molecule has 0 aliphatic heterocycles. The fourth-order valence-electron chi connectivity index (χ4n) is 2.05. The summed E-state index contributed by atoms with van der Waals surface area (Å²) in [6.07, 6.45) is 0. The minimum absolute atomic E-state index is 0.220. The van der Waals surface area contributed by atoms with Crippen LogP contribution < -0.4 is 11.2 Å². The average molecular weight is 291 g/mol. The molecule has 1 N–H and O–H groups in total. The van der Waals surface area contributed by atoms with E-state index in [9.17, 15) is 14.0 Å². The molecule has 0 atom stereocenters. The third-order valence-corrected chi connectivity index (χ3v) is 3.28. The van der Waals surface area contributed by atoms with Crippen LogP contribution in [0.15, 0.2) is 52.1 Å². The summed E-state index contributed by atoms with van der Waals surface area (Å²) in [6.45, 7) is 0. The average Bonchev–Trinajstić information content (AvgIpc) is 2.40. The number of hydrogen-bond acceptors (Lipinski definition) is 2. The van der Waals surface area contributed by atoms with Gasteiger partial charge in [-0.2, -0.15) is 0 Å². The number of halogens is 2. The Morgan fingerprint density at radius 3 is 2.45 bits per heavy atom. The molecule has 0 aliphatic carbocycles. The predicted octanol–water partition coefficient (Wildman–Crippen LogP) is 2.47. The fraction of sp³-hybridized carbons (Fsp3) is 0. The van der Waals surface area contributed by atoms with Crippen LogP contribution in [0.2, 0.25) is 5.02 Å². The molecule has 0 aliphatic rings. The predicted molar refractivity (Wildman–Crippen MR) is 75.1 cm³/mol. The maximum atomic E-state index is 12.9. The first-order valence-corrected chi connectivity index (χ1v) is 6.15. The molecule has 0 saturated heterocycles. The lowest BCUT2D eigenvalue weighted by Crippen LogP contribution is -2.33. The number of fused-ring (bicyclic) bond motifs is 1. The number of H-pyrrole nitrogens is 1. The van der Waals surface area contributed by atoms with Crippen LogP contribution in [-0.2, 0) is 0 Å². The molecule has 0 fully saturated rings. The Morgan fingerprint density at radius 1 is 1.05 bits per heavy atom. The molecule has 1 aromatic heterocycles. The van der Waals surface area contributed by atoms with Crippen molar-refractivity contribution in [1.82, 2.24) is 9.55 Å². The summed E-state index contributed by atoms with van der Waals surface area (Å²) >= 11 is 6.00. The Morgan fingerprint density at radius 2 is 1.75 bits per heavy atom. The Hall–Kier alpha value is -2.40. The van der Waals surface area contributed by atoms with Crippen LogP contribution in [-0.4, -0.2) is 9.55 Å². The summed E-state index contributed by atoms with van der Waals surface area (Å²) in [6, 6.07) is 9.87. The van der Waals surface area contributed by atoms with Crippen molar-refractivity contribution in [3.8, 4) is 5.69 Å². The van der Waals surface area contributed by atoms with Gasteiger partial charge in [0.1, 0.15) is 5.82 Å². The molecular weight excluding hydrogens is 283 g/mol. The number of aromatic nitrogens is 2. The lowest BCUT2D eigenvalue weighted by Gasteiger charge is -2.07. The standard InChI is InChI=1S/C14H8ClFN2O2/c15-10-2-1-3-11-12(10)13(19)18(14(20)17-11)9-6-4-8(16)5-7-9/h1-7H,(H,17,20). The van der Waals surface area contributed by atoms with Gasteiger partial charge in [-0.1, -0.05) is 17.7 Å². The number of nitrogens with zero attached hydrogens (tertiary/aromatic N) is 1. The van der Waals surface area contributed by atoms with Gasteiger partial charge >= 0.3 is 5.69 Å². The van der Waals surface area contributed by atoms with Crippen LogP contribution in [0.3, 0.4) is 0 Å². The summed E-state index contributed by atoms with van der Waals surface area (Å²) in [5.74, 6) is -0.447. The molecule has 4 nitrogen and oxygen atoms in total. The van der Waals surface area contributed by atoms with Crippen molar-refractivity contribution in [3.05, 3.63) is 74.1 Å². The number of rotatable bonds is 1. The van der Waals surface area contributed by atoms with E-state index in [2.05, 4.69) is 4.98 Å². The molecule has 0 unspecified atom stereocenters. The van der Waals surface area contributed by atoms with Crippen LogP contribution in [0.4, 0.5) is 4.39 Å². The van der Waals surface area contributed by atoms with Crippen LogP contribution in [0.1, 0.15) is 0 Å². The monoisotopic (exact) mass is 290 g/mol. The smallest absolute Gasteiger partial charge is 0.306 e. The second-order valence-corrected chi connectivity index (χ2v) is 4.62. The van der Waals surface area contributed by atoms with Crippen molar-refractivity contribution >= 4 is 22.5 Å². The molecule has 6 heteroatoms. The Bertz CT molecular complexity index is 913. The fourth-order valence-corrected chi connectivity index (χ4v) is 2.30. The Labute approximate surface area is 117 Å². The van der Waals surface area contributed by atoms with Gasteiger partial charge in [0.05, 0.1) is 21.6 Å². The van der Waals surface area contributed by atoms with E-state index in [4.69, 9.17) is 11.6 Å². The van der Waals surface area contributed by atoms with Gasteiger partial charge in [-0.25, -0.2) is 13.8 Å². The first kappa shape index (κ1) is 12.6. The van der Waals surface area contributed by atoms with Crippen molar-refractivity contribution in [3.63, 3.8) is 0 Å². The van der Waals surface area contributed by atoms with Crippen molar-refractivity contribution in [2.75, 3.05) is 0 Å². The number of nitrogens with one attached hydrogen (secondary N) is 1. The molecule has 0 amide bonds. The molecule has 0 saturated carbocycles. The molecule has 100 valence electrons. The minimum atomic E-state index is -0.601. The van der Waals surface area contributed by atoms with Crippen LogP contribution in [0.25, 0.3) is 16.6 Å². The van der Waals surface area contributed by atoms with Gasteiger partial charge in [-0.05, 0) is 36.4 Å². The van der Waals surface area contributed by atoms with Crippen molar-refractivity contribution < 1.29 is 4.39 Å².